The van der Waals surface area contributed by atoms with Crippen LogP contribution in [0.25, 0.3) is 0 Å². The number of rotatable bonds is 12. The van der Waals surface area contributed by atoms with E-state index in [9.17, 15) is 19.2 Å². The van der Waals surface area contributed by atoms with Crippen LogP contribution in [0.4, 0.5) is 0 Å². The smallest absolute Gasteiger partial charge is 0.289 e. The largest absolute Gasteiger partial charge is 0.346 e. The zero-order valence-electron chi connectivity index (χ0n) is 24.5. The van der Waals surface area contributed by atoms with E-state index in [1.54, 1.807) is 4.90 Å². The van der Waals surface area contributed by atoms with Crippen LogP contribution in [0.1, 0.15) is 81.6 Å². The van der Waals surface area contributed by atoms with Crippen molar-refractivity contribution in [1.82, 2.24) is 20.9 Å². The minimum atomic E-state index is -0.927. The second kappa shape index (κ2) is 11.7. The maximum atomic E-state index is 14.0. The zero-order valence-corrected chi connectivity index (χ0v) is 24.5. The lowest BCUT2D eigenvalue weighted by Gasteiger charge is -2.38. The average Bonchev–Trinajstić information content (AvgIpc) is 3.10. The molecule has 37 heavy (non-hydrogen) atoms. The quantitative estimate of drug-likeness (QED) is 0.272. The Morgan fingerprint density at radius 1 is 1.11 bits per heavy atom. The molecule has 2 fully saturated rings. The molecule has 2 rings (SSSR count). The highest BCUT2D eigenvalue weighted by Crippen LogP contribution is 2.65. The van der Waals surface area contributed by atoms with Crippen molar-refractivity contribution in [2.24, 2.45) is 28.1 Å². The number of hydrogen-bond donors (Lipinski definition) is 3. The van der Waals surface area contributed by atoms with E-state index in [2.05, 4.69) is 57.1 Å². The van der Waals surface area contributed by atoms with Gasteiger partial charge < -0.3 is 20.9 Å². The van der Waals surface area contributed by atoms with Crippen molar-refractivity contribution in [3.05, 3.63) is 12.7 Å². The molecule has 8 heteroatoms. The van der Waals surface area contributed by atoms with Crippen molar-refractivity contribution in [3.8, 4) is 0 Å². The number of carbonyl (C=O) groups is 4. The SMILES string of the molecule is C=CCNC(=O)C(=O)C(CCC)NC(=O)[C@@H]1C2C(CN1C(=O)C(NCCC(C)(C)C)C(C)(C)C)C2(C)C. The summed E-state index contributed by atoms with van der Waals surface area (Å²) in [5.74, 6) is -1.57. The van der Waals surface area contributed by atoms with Crippen LogP contribution in [0.2, 0.25) is 0 Å². The molecule has 1 aliphatic carbocycles. The summed E-state index contributed by atoms with van der Waals surface area (Å²) in [4.78, 5) is 54.5. The van der Waals surface area contributed by atoms with E-state index < -0.39 is 29.8 Å². The summed E-state index contributed by atoms with van der Waals surface area (Å²) in [6.07, 6.45) is 3.39. The number of carbonyl (C=O) groups excluding carboxylic acids is 4. The van der Waals surface area contributed by atoms with Gasteiger partial charge in [0.1, 0.15) is 6.04 Å². The highest BCUT2D eigenvalue weighted by molar-refractivity contribution is 6.38. The highest BCUT2D eigenvalue weighted by Gasteiger charge is 2.69. The van der Waals surface area contributed by atoms with Crippen molar-refractivity contribution >= 4 is 23.5 Å². The number of likely N-dealkylation sites (tertiary alicyclic amines) is 1. The van der Waals surface area contributed by atoms with Gasteiger partial charge in [-0.2, -0.15) is 0 Å². The lowest BCUT2D eigenvalue weighted by molar-refractivity contribution is -0.145. The third-order valence-corrected chi connectivity index (χ3v) is 7.94. The predicted octanol–water partition coefficient (Wildman–Crippen LogP) is 3.07. The van der Waals surface area contributed by atoms with Crippen LogP contribution < -0.4 is 16.0 Å². The number of nitrogens with one attached hydrogen (secondary N) is 3. The molecule has 1 heterocycles. The number of fused-ring (bicyclic) bond motifs is 1. The van der Waals surface area contributed by atoms with E-state index in [0.29, 0.717) is 25.9 Å². The van der Waals surface area contributed by atoms with Gasteiger partial charge in [0.05, 0.1) is 12.1 Å². The Labute approximate surface area is 223 Å². The Kier molecular flexibility index (Phi) is 9.77. The van der Waals surface area contributed by atoms with E-state index >= 15 is 0 Å². The first kappa shape index (κ1) is 31.0. The molecular weight excluding hydrogens is 468 g/mol. The fraction of sp³-hybridized carbons (Fsp3) is 0.793. The molecule has 2 aliphatic rings. The highest BCUT2D eigenvalue weighted by atomic mass is 16.2. The van der Waals surface area contributed by atoms with Gasteiger partial charge in [0.15, 0.2) is 0 Å². The maximum Gasteiger partial charge on any atom is 0.289 e. The van der Waals surface area contributed by atoms with Gasteiger partial charge in [-0.25, -0.2) is 0 Å². The lowest BCUT2D eigenvalue weighted by atomic mass is 9.84. The fourth-order valence-electron chi connectivity index (χ4n) is 5.56. The van der Waals surface area contributed by atoms with Gasteiger partial charge in [0.25, 0.3) is 5.91 Å². The molecular formula is C29H50N4O4. The summed E-state index contributed by atoms with van der Waals surface area (Å²) in [6, 6.07) is -2.03. The topological polar surface area (TPSA) is 108 Å². The van der Waals surface area contributed by atoms with Crippen LogP contribution in [0.5, 0.6) is 0 Å². The minimum absolute atomic E-state index is 0.0265. The van der Waals surface area contributed by atoms with Crippen molar-refractivity contribution in [2.45, 2.75) is 99.7 Å². The molecule has 0 spiro atoms. The maximum absolute atomic E-state index is 14.0. The number of piperidine rings is 1. The predicted molar refractivity (Wildman–Crippen MR) is 147 cm³/mol. The summed E-state index contributed by atoms with van der Waals surface area (Å²) in [6.45, 7) is 23.7. The summed E-state index contributed by atoms with van der Waals surface area (Å²) in [5.41, 5.74) is -0.261. The molecule has 0 aromatic rings. The van der Waals surface area contributed by atoms with Crippen LogP contribution in [0, 0.1) is 28.1 Å². The Bertz CT molecular complexity index is 883. The van der Waals surface area contributed by atoms with Gasteiger partial charge in [-0.3, -0.25) is 19.2 Å². The number of Topliss-reactive ketones (excluding diaryl/α,β-unsaturated/α-hetero) is 1. The zero-order chi connectivity index (χ0) is 28.3. The number of nitrogens with zero attached hydrogens (tertiary/aromatic N) is 1. The summed E-state index contributed by atoms with van der Waals surface area (Å²) in [5, 5.41) is 8.83. The lowest BCUT2D eigenvalue weighted by Crippen LogP contribution is -2.60. The average molecular weight is 519 g/mol. The molecule has 3 N–H and O–H groups in total. The first-order valence-electron chi connectivity index (χ1n) is 13.7. The van der Waals surface area contributed by atoms with Gasteiger partial charge in [0.2, 0.25) is 17.6 Å². The van der Waals surface area contributed by atoms with E-state index in [-0.39, 0.29) is 46.4 Å². The molecule has 1 aliphatic heterocycles. The summed E-state index contributed by atoms with van der Waals surface area (Å²) >= 11 is 0. The molecule has 0 aromatic carbocycles. The van der Waals surface area contributed by atoms with Crippen molar-refractivity contribution in [2.75, 3.05) is 19.6 Å². The Hall–Kier alpha value is -2.22. The number of ketones is 1. The van der Waals surface area contributed by atoms with Crippen molar-refractivity contribution in [1.29, 1.82) is 0 Å². The van der Waals surface area contributed by atoms with Gasteiger partial charge in [-0.05, 0) is 47.5 Å². The van der Waals surface area contributed by atoms with Crippen LogP contribution in [-0.2, 0) is 19.2 Å². The minimum Gasteiger partial charge on any atom is -0.346 e. The van der Waals surface area contributed by atoms with Crippen molar-refractivity contribution in [3.63, 3.8) is 0 Å². The Balaban J connectivity index is 2.25. The molecule has 8 nitrogen and oxygen atoms in total. The normalized spacial score (nSPS) is 24.0. The standard InChI is InChI=1S/C29H50N4O4/c1-11-13-19(22(34)25(36)31-15-12-2)32-24(35)21-20-18(29(20,9)10)17-33(21)26(37)23(28(6,7)8)30-16-14-27(3,4)5/h12,18-21,23,30H,2,11,13-17H2,1,3-10H3,(H,31,36)(H,32,35)/t18?,19?,20?,21-,23?/m0/s1. The molecule has 1 saturated heterocycles. The second-order valence-electron chi connectivity index (χ2n) is 13.7. The number of amides is 3. The Morgan fingerprint density at radius 2 is 1.73 bits per heavy atom. The molecule has 1 saturated carbocycles. The first-order chi connectivity index (χ1) is 17.0. The van der Waals surface area contributed by atoms with Crippen LogP contribution in [0.15, 0.2) is 12.7 Å². The van der Waals surface area contributed by atoms with E-state index in [4.69, 9.17) is 0 Å². The third kappa shape index (κ3) is 7.43. The summed E-state index contributed by atoms with van der Waals surface area (Å²) < 4.78 is 0. The van der Waals surface area contributed by atoms with Gasteiger partial charge in [-0.15, -0.1) is 6.58 Å². The van der Waals surface area contributed by atoms with Crippen LogP contribution >= 0.6 is 0 Å². The van der Waals surface area contributed by atoms with Gasteiger partial charge >= 0.3 is 0 Å². The molecule has 0 bridgehead atoms. The van der Waals surface area contributed by atoms with E-state index in [1.165, 1.54) is 6.08 Å². The number of hydrogen-bond acceptors (Lipinski definition) is 5. The molecule has 5 atom stereocenters. The van der Waals surface area contributed by atoms with Crippen molar-refractivity contribution < 1.29 is 19.2 Å². The monoisotopic (exact) mass is 518 g/mol. The van der Waals surface area contributed by atoms with E-state index in [0.717, 1.165) is 6.42 Å². The van der Waals surface area contributed by atoms with Crippen LogP contribution in [-0.4, -0.2) is 66.2 Å². The molecule has 210 valence electrons. The Morgan fingerprint density at radius 3 is 2.24 bits per heavy atom. The first-order valence-corrected chi connectivity index (χ1v) is 13.7. The van der Waals surface area contributed by atoms with E-state index in [1.807, 2.05) is 27.7 Å². The van der Waals surface area contributed by atoms with Gasteiger partial charge in [0, 0.05) is 13.1 Å². The molecule has 0 aromatic heterocycles. The van der Waals surface area contributed by atoms with Crippen LogP contribution in [0.3, 0.4) is 0 Å². The molecule has 4 unspecified atom stereocenters. The molecule has 0 radical (unpaired) electrons. The summed E-state index contributed by atoms with van der Waals surface area (Å²) in [7, 11) is 0. The third-order valence-electron chi connectivity index (χ3n) is 7.94. The second-order valence-corrected chi connectivity index (χ2v) is 13.7. The fourth-order valence-corrected chi connectivity index (χ4v) is 5.56. The molecule has 3 amide bonds. The van der Waals surface area contributed by atoms with Gasteiger partial charge in [-0.1, -0.05) is 74.8 Å².